The van der Waals surface area contributed by atoms with Crippen molar-refractivity contribution in [3.63, 3.8) is 0 Å². The van der Waals surface area contributed by atoms with Crippen molar-refractivity contribution in [1.82, 2.24) is 14.9 Å². The summed E-state index contributed by atoms with van der Waals surface area (Å²) in [4.78, 5) is 13.6. The molecule has 0 spiro atoms. The molecule has 1 heterocycles. The monoisotopic (exact) mass is 293 g/mol. The van der Waals surface area contributed by atoms with Gasteiger partial charge in [-0.3, -0.25) is 0 Å². The molecule has 0 saturated carbocycles. The van der Waals surface area contributed by atoms with Crippen molar-refractivity contribution in [3.05, 3.63) is 11.9 Å². The first-order chi connectivity index (χ1) is 9.92. The van der Waals surface area contributed by atoms with Gasteiger partial charge in [0.05, 0.1) is 0 Å². The summed E-state index contributed by atoms with van der Waals surface area (Å²) in [7, 11) is 4.22. The van der Waals surface area contributed by atoms with Crippen molar-refractivity contribution in [1.29, 1.82) is 0 Å². The Kier molecular flexibility index (Phi) is 6.89. The molecular formula is C16H31N5. The van der Waals surface area contributed by atoms with E-state index in [9.17, 15) is 0 Å². The molecule has 120 valence electrons. The Morgan fingerprint density at radius 3 is 2.29 bits per heavy atom. The molecule has 1 unspecified atom stereocenters. The van der Waals surface area contributed by atoms with E-state index in [-0.39, 0.29) is 0 Å². The molecule has 0 aromatic carbocycles. The quantitative estimate of drug-likeness (QED) is 0.798. The van der Waals surface area contributed by atoms with Crippen molar-refractivity contribution >= 4 is 11.6 Å². The molecule has 0 bridgehead atoms. The van der Waals surface area contributed by atoms with E-state index in [1.165, 1.54) is 5.56 Å². The fourth-order valence-corrected chi connectivity index (χ4v) is 2.75. The third-order valence-corrected chi connectivity index (χ3v) is 3.56. The van der Waals surface area contributed by atoms with Crippen LogP contribution in [0, 0.1) is 0 Å². The van der Waals surface area contributed by atoms with Crippen LogP contribution in [0.2, 0.25) is 0 Å². The lowest BCUT2D eigenvalue weighted by Crippen LogP contribution is -2.41. The second kappa shape index (κ2) is 8.17. The Morgan fingerprint density at radius 1 is 1.14 bits per heavy atom. The predicted octanol–water partition coefficient (Wildman–Crippen LogP) is 2.81. The number of likely N-dealkylation sites (N-methyl/N-ethyl adjacent to an activating group) is 2. The molecule has 5 heteroatoms. The van der Waals surface area contributed by atoms with Crippen LogP contribution in [-0.4, -0.2) is 54.6 Å². The van der Waals surface area contributed by atoms with Crippen molar-refractivity contribution < 1.29 is 0 Å². The van der Waals surface area contributed by atoms with Crippen LogP contribution in [0.4, 0.5) is 11.6 Å². The first-order valence-corrected chi connectivity index (χ1v) is 7.92. The number of nitrogens with one attached hydrogen (secondary N) is 1. The minimum Gasteiger partial charge on any atom is -0.370 e. The molecule has 1 N–H and O–H groups in total. The minimum absolute atomic E-state index is 0.385. The summed E-state index contributed by atoms with van der Waals surface area (Å²) in [6.07, 6.45) is 1.67. The SMILES string of the molecule is CCNc1ncnc(N(CC)C(C)CN(C)C)c1C(C)C. The van der Waals surface area contributed by atoms with E-state index >= 15 is 0 Å². The number of rotatable bonds is 8. The zero-order valence-electron chi connectivity index (χ0n) is 14.6. The summed E-state index contributed by atoms with van der Waals surface area (Å²) in [6, 6.07) is 0.409. The van der Waals surface area contributed by atoms with Crippen LogP contribution in [0.15, 0.2) is 6.33 Å². The summed E-state index contributed by atoms with van der Waals surface area (Å²) < 4.78 is 0. The van der Waals surface area contributed by atoms with Gasteiger partial charge in [0.15, 0.2) is 0 Å². The molecule has 1 rings (SSSR count). The molecule has 1 aromatic heterocycles. The van der Waals surface area contributed by atoms with Gasteiger partial charge in [-0.05, 0) is 40.8 Å². The molecule has 0 radical (unpaired) electrons. The van der Waals surface area contributed by atoms with E-state index in [1.54, 1.807) is 6.33 Å². The number of aromatic nitrogens is 2. The fraction of sp³-hybridized carbons (Fsp3) is 0.750. The minimum atomic E-state index is 0.385. The Hall–Kier alpha value is -1.36. The van der Waals surface area contributed by atoms with Crippen molar-refractivity contribution in [2.75, 3.05) is 43.9 Å². The Labute approximate surface area is 129 Å². The second-order valence-corrected chi connectivity index (χ2v) is 6.04. The molecule has 0 aliphatic carbocycles. The highest BCUT2D eigenvalue weighted by Gasteiger charge is 2.22. The topological polar surface area (TPSA) is 44.3 Å². The maximum atomic E-state index is 4.60. The average molecular weight is 293 g/mol. The summed E-state index contributed by atoms with van der Waals surface area (Å²) >= 11 is 0. The highest BCUT2D eigenvalue weighted by atomic mass is 15.2. The lowest BCUT2D eigenvalue weighted by molar-refractivity contribution is 0.372. The zero-order chi connectivity index (χ0) is 16.0. The van der Waals surface area contributed by atoms with E-state index in [0.717, 1.165) is 31.3 Å². The number of hydrogen-bond donors (Lipinski definition) is 1. The first kappa shape index (κ1) is 17.7. The molecular weight excluding hydrogens is 262 g/mol. The van der Waals surface area contributed by atoms with Crippen LogP contribution >= 0.6 is 0 Å². The molecule has 0 aliphatic heterocycles. The summed E-state index contributed by atoms with van der Waals surface area (Å²) in [6.45, 7) is 13.8. The van der Waals surface area contributed by atoms with Gasteiger partial charge < -0.3 is 15.1 Å². The van der Waals surface area contributed by atoms with Crippen LogP contribution in [0.5, 0.6) is 0 Å². The smallest absolute Gasteiger partial charge is 0.137 e. The van der Waals surface area contributed by atoms with Gasteiger partial charge in [0.2, 0.25) is 0 Å². The molecule has 5 nitrogen and oxygen atoms in total. The van der Waals surface area contributed by atoms with E-state index in [1.807, 2.05) is 0 Å². The second-order valence-electron chi connectivity index (χ2n) is 6.04. The number of anilines is 2. The first-order valence-electron chi connectivity index (χ1n) is 7.92. The van der Waals surface area contributed by atoms with Crippen LogP contribution in [0.3, 0.4) is 0 Å². The summed E-state index contributed by atoms with van der Waals surface area (Å²) in [5.74, 6) is 2.41. The maximum Gasteiger partial charge on any atom is 0.137 e. The molecule has 1 aromatic rings. The summed E-state index contributed by atoms with van der Waals surface area (Å²) in [5.41, 5.74) is 1.21. The number of nitrogens with zero attached hydrogens (tertiary/aromatic N) is 4. The molecule has 0 saturated heterocycles. The van der Waals surface area contributed by atoms with Gasteiger partial charge in [0.25, 0.3) is 0 Å². The third-order valence-electron chi connectivity index (χ3n) is 3.56. The standard InChI is InChI=1S/C16H31N5/c1-8-17-15-14(12(3)4)16(19-11-18-15)21(9-2)13(5)10-20(6)7/h11-13H,8-10H2,1-7H3,(H,17,18,19). The molecule has 0 fully saturated rings. The van der Waals surface area contributed by atoms with Crippen molar-refractivity contribution in [2.24, 2.45) is 0 Å². The number of hydrogen-bond acceptors (Lipinski definition) is 5. The average Bonchev–Trinajstić information content (AvgIpc) is 2.38. The zero-order valence-corrected chi connectivity index (χ0v) is 14.6. The van der Waals surface area contributed by atoms with Gasteiger partial charge in [0.1, 0.15) is 18.0 Å². The highest BCUT2D eigenvalue weighted by Crippen LogP contribution is 2.31. The fourth-order valence-electron chi connectivity index (χ4n) is 2.75. The summed E-state index contributed by atoms with van der Waals surface area (Å²) in [5, 5.41) is 3.37. The van der Waals surface area contributed by atoms with Crippen LogP contribution < -0.4 is 10.2 Å². The van der Waals surface area contributed by atoms with Gasteiger partial charge in [-0.2, -0.15) is 0 Å². The highest BCUT2D eigenvalue weighted by molar-refractivity contribution is 5.60. The van der Waals surface area contributed by atoms with Gasteiger partial charge in [0, 0.05) is 31.2 Å². The van der Waals surface area contributed by atoms with E-state index in [2.05, 4.69) is 73.8 Å². The van der Waals surface area contributed by atoms with Gasteiger partial charge in [-0.15, -0.1) is 0 Å². The lowest BCUT2D eigenvalue weighted by atomic mass is 10.0. The third kappa shape index (κ3) is 4.56. The van der Waals surface area contributed by atoms with Crippen LogP contribution in [0.1, 0.15) is 46.1 Å². The lowest BCUT2D eigenvalue weighted by Gasteiger charge is -2.33. The predicted molar refractivity (Wildman–Crippen MR) is 91.3 cm³/mol. The van der Waals surface area contributed by atoms with E-state index in [0.29, 0.717) is 12.0 Å². The molecule has 21 heavy (non-hydrogen) atoms. The van der Waals surface area contributed by atoms with Crippen molar-refractivity contribution in [3.8, 4) is 0 Å². The molecule has 0 amide bonds. The Balaban J connectivity index is 3.22. The maximum absolute atomic E-state index is 4.60. The van der Waals surface area contributed by atoms with E-state index < -0.39 is 0 Å². The Morgan fingerprint density at radius 2 is 1.81 bits per heavy atom. The normalized spacial score (nSPS) is 12.8. The largest absolute Gasteiger partial charge is 0.370 e. The Bertz CT molecular complexity index is 431. The molecule has 1 atom stereocenters. The van der Waals surface area contributed by atoms with Gasteiger partial charge in [-0.25, -0.2) is 9.97 Å². The van der Waals surface area contributed by atoms with Crippen LogP contribution in [-0.2, 0) is 0 Å². The van der Waals surface area contributed by atoms with Crippen LogP contribution in [0.25, 0.3) is 0 Å². The molecule has 0 aliphatic rings. The van der Waals surface area contributed by atoms with Crippen molar-refractivity contribution in [2.45, 2.75) is 46.6 Å². The van der Waals surface area contributed by atoms with Gasteiger partial charge >= 0.3 is 0 Å². The van der Waals surface area contributed by atoms with E-state index in [4.69, 9.17) is 0 Å². The van der Waals surface area contributed by atoms with Gasteiger partial charge in [-0.1, -0.05) is 13.8 Å².